The zero-order valence-electron chi connectivity index (χ0n) is 15.7. The van der Waals surface area contributed by atoms with Crippen molar-refractivity contribution in [1.29, 1.82) is 0 Å². The highest BCUT2D eigenvalue weighted by Crippen LogP contribution is 2.57. The maximum absolute atomic E-state index is 6.25. The summed E-state index contributed by atoms with van der Waals surface area (Å²) in [4.78, 5) is 0. The molecule has 0 spiro atoms. The molecule has 4 rings (SSSR count). The molecule has 1 aromatic rings. The molecule has 0 N–H and O–H groups in total. The molecule has 7 atom stereocenters. The van der Waals surface area contributed by atoms with Crippen LogP contribution in [0.4, 0.5) is 0 Å². The Morgan fingerprint density at radius 2 is 2.00 bits per heavy atom. The molecule has 3 heteroatoms. The number of ether oxygens (including phenoxy) is 2. The van der Waals surface area contributed by atoms with Crippen LogP contribution in [-0.2, 0) is 11.2 Å². The molecule has 2 saturated carbocycles. The first-order valence-electron chi connectivity index (χ1n) is 10.0. The van der Waals surface area contributed by atoms with Gasteiger partial charge < -0.3 is 9.47 Å². The van der Waals surface area contributed by atoms with E-state index in [1.165, 1.54) is 37.7 Å². The van der Waals surface area contributed by atoms with Crippen LogP contribution < -0.4 is 4.74 Å². The van der Waals surface area contributed by atoms with Crippen molar-refractivity contribution in [1.82, 2.24) is 0 Å². The Hall–Kier alpha value is -0.290. The predicted octanol–water partition coefficient (Wildman–Crippen LogP) is 5.62. The molecular formula is C22H31IO2. The molecule has 2 nitrogen and oxygen atoms in total. The Kier molecular flexibility index (Phi) is 5.34. The van der Waals surface area contributed by atoms with E-state index < -0.39 is 0 Å². The van der Waals surface area contributed by atoms with Crippen LogP contribution in [0, 0.1) is 23.7 Å². The van der Waals surface area contributed by atoms with Gasteiger partial charge in [-0.25, -0.2) is 0 Å². The quantitative estimate of drug-likeness (QED) is 0.436. The second kappa shape index (κ2) is 7.38. The lowest BCUT2D eigenvalue weighted by Gasteiger charge is -2.54. The summed E-state index contributed by atoms with van der Waals surface area (Å²) < 4.78 is 12.5. The normalized spacial score (nSPS) is 39.9. The van der Waals surface area contributed by atoms with Gasteiger partial charge in [0.25, 0.3) is 0 Å². The lowest BCUT2D eigenvalue weighted by atomic mass is 9.53. The van der Waals surface area contributed by atoms with Gasteiger partial charge in [0.1, 0.15) is 5.75 Å². The third-order valence-corrected chi connectivity index (χ3v) is 8.18. The smallest absolute Gasteiger partial charge is 0.119 e. The average Bonchev–Trinajstić information content (AvgIpc) is 2.61. The van der Waals surface area contributed by atoms with E-state index in [-0.39, 0.29) is 0 Å². The van der Waals surface area contributed by atoms with Crippen molar-refractivity contribution in [2.24, 2.45) is 23.7 Å². The molecule has 0 amide bonds. The second-order valence-corrected chi connectivity index (χ2v) is 10.2. The van der Waals surface area contributed by atoms with Gasteiger partial charge in [-0.15, -0.1) is 0 Å². The van der Waals surface area contributed by atoms with Gasteiger partial charge >= 0.3 is 0 Å². The Bertz CT molecular complexity index is 616. The highest BCUT2D eigenvalue weighted by molar-refractivity contribution is 14.1. The van der Waals surface area contributed by atoms with Gasteiger partial charge in [-0.1, -0.05) is 35.6 Å². The fourth-order valence-electron chi connectivity index (χ4n) is 6.29. The number of halogens is 1. The molecule has 0 bridgehead atoms. The van der Waals surface area contributed by atoms with Gasteiger partial charge in [-0.3, -0.25) is 0 Å². The third-order valence-electron chi connectivity index (χ3n) is 7.17. The molecule has 0 aromatic heterocycles. The van der Waals surface area contributed by atoms with Crippen molar-refractivity contribution in [2.75, 3.05) is 13.7 Å². The first kappa shape index (κ1) is 18.1. The summed E-state index contributed by atoms with van der Waals surface area (Å²) >= 11 is 2.68. The van der Waals surface area contributed by atoms with E-state index in [9.17, 15) is 0 Å². The Morgan fingerprint density at radius 3 is 2.76 bits per heavy atom. The van der Waals surface area contributed by atoms with Gasteiger partial charge in [0.2, 0.25) is 0 Å². The van der Waals surface area contributed by atoms with Crippen molar-refractivity contribution in [3.05, 3.63) is 29.3 Å². The molecule has 25 heavy (non-hydrogen) atoms. The molecule has 0 saturated heterocycles. The number of benzene rings is 1. The minimum atomic E-state index is 0.485. The number of aryl methyl sites for hydroxylation is 1. The fraction of sp³-hybridized carbons (Fsp3) is 0.727. The first-order chi connectivity index (χ1) is 12.1. The van der Waals surface area contributed by atoms with E-state index >= 15 is 0 Å². The molecule has 2 fully saturated rings. The maximum atomic E-state index is 6.25. The summed E-state index contributed by atoms with van der Waals surface area (Å²) in [5, 5.41) is 0. The molecule has 0 heterocycles. The average molecular weight is 454 g/mol. The standard InChI is InChI=1S/C22H31IO2/c1-4-25-21-12-15(23)11-20-18-7-5-14-10-16(24-3)6-8-17(14)19(18)9-13(2)22(20)21/h6,8,10,13,15,18-22H,4-5,7,9,11-12H2,1-3H3/t13-,15+,18+,19+,20-,21+,22?/m0/s1. The topological polar surface area (TPSA) is 18.5 Å². The van der Waals surface area contributed by atoms with E-state index in [1.807, 2.05) is 0 Å². The van der Waals surface area contributed by atoms with Crippen molar-refractivity contribution in [3.8, 4) is 5.75 Å². The van der Waals surface area contributed by atoms with Gasteiger partial charge in [-0.2, -0.15) is 0 Å². The Labute approximate surface area is 166 Å². The van der Waals surface area contributed by atoms with Crippen LogP contribution in [0.1, 0.15) is 56.6 Å². The lowest BCUT2D eigenvalue weighted by Crippen LogP contribution is -2.50. The molecule has 0 aliphatic heterocycles. The molecular weight excluding hydrogens is 423 g/mol. The molecule has 1 unspecified atom stereocenters. The van der Waals surface area contributed by atoms with E-state index in [0.717, 1.165) is 45.9 Å². The SMILES string of the molecule is CCO[C@@H]1C[C@H](I)C[C@@H]2C1[C@@H](C)C[C@@H]1c3ccc(OC)cc3CC[C@H]12. The summed E-state index contributed by atoms with van der Waals surface area (Å²) in [5.74, 6) is 4.99. The highest BCUT2D eigenvalue weighted by atomic mass is 127. The van der Waals surface area contributed by atoms with Crippen molar-refractivity contribution in [2.45, 2.75) is 61.9 Å². The van der Waals surface area contributed by atoms with Gasteiger partial charge in [-0.05, 0) is 91.9 Å². The molecule has 1 aromatic carbocycles. The number of methoxy groups -OCH3 is 1. The van der Waals surface area contributed by atoms with E-state index in [4.69, 9.17) is 9.47 Å². The minimum absolute atomic E-state index is 0.485. The zero-order valence-corrected chi connectivity index (χ0v) is 17.9. The van der Waals surface area contributed by atoms with E-state index in [2.05, 4.69) is 54.6 Å². The van der Waals surface area contributed by atoms with Crippen LogP contribution in [0.25, 0.3) is 0 Å². The lowest BCUT2D eigenvalue weighted by molar-refractivity contribution is -0.0850. The Balaban J connectivity index is 1.65. The van der Waals surface area contributed by atoms with Gasteiger partial charge in [0.15, 0.2) is 0 Å². The molecule has 3 aliphatic rings. The predicted molar refractivity (Wildman–Crippen MR) is 111 cm³/mol. The number of fused-ring (bicyclic) bond motifs is 5. The van der Waals surface area contributed by atoms with Crippen LogP contribution in [0.2, 0.25) is 0 Å². The summed E-state index contributed by atoms with van der Waals surface area (Å²) in [5.41, 5.74) is 3.15. The van der Waals surface area contributed by atoms with Crippen LogP contribution >= 0.6 is 22.6 Å². The Morgan fingerprint density at radius 1 is 1.16 bits per heavy atom. The van der Waals surface area contributed by atoms with E-state index in [1.54, 1.807) is 12.7 Å². The number of hydrogen-bond donors (Lipinski definition) is 0. The van der Waals surface area contributed by atoms with Gasteiger partial charge in [0.05, 0.1) is 13.2 Å². The monoisotopic (exact) mass is 454 g/mol. The molecule has 3 aliphatic carbocycles. The molecule has 0 radical (unpaired) electrons. The third kappa shape index (κ3) is 3.24. The van der Waals surface area contributed by atoms with Crippen LogP contribution in [0.3, 0.4) is 0 Å². The van der Waals surface area contributed by atoms with Crippen LogP contribution in [0.15, 0.2) is 18.2 Å². The summed E-state index contributed by atoms with van der Waals surface area (Å²) in [6.45, 7) is 5.51. The van der Waals surface area contributed by atoms with Crippen molar-refractivity contribution < 1.29 is 9.47 Å². The van der Waals surface area contributed by atoms with Crippen molar-refractivity contribution in [3.63, 3.8) is 0 Å². The fourth-order valence-corrected chi connectivity index (χ4v) is 7.38. The minimum Gasteiger partial charge on any atom is -0.497 e. The van der Waals surface area contributed by atoms with Gasteiger partial charge in [0, 0.05) is 10.5 Å². The number of alkyl halides is 1. The van der Waals surface area contributed by atoms with Crippen LogP contribution in [-0.4, -0.2) is 23.7 Å². The maximum Gasteiger partial charge on any atom is 0.119 e. The van der Waals surface area contributed by atoms with Crippen LogP contribution in [0.5, 0.6) is 5.75 Å². The summed E-state index contributed by atoms with van der Waals surface area (Å²) in [6.07, 6.45) is 7.04. The highest BCUT2D eigenvalue weighted by Gasteiger charge is 2.50. The second-order valence-electron chi connectivity index (χ2n) is 8.39. The summed E-state index contributed by atoms with van der Waals surface area (Å²) in [7, 11) is 1.77. The number of rotatable bonds is 3. The largest absolute Gasteiger partial charge is 0.497 e. The first-order valence-corrected chi connectivity index (χ1v) is 11.3. The zero-order chi connectivity index (χ0) is 17.6. The summed E-state index contributed by atoms with van der Waals surface area (Å²) in [6, 6.07) is 6.82. The van der Waals surface area contributed by atoms with Crippen molar-refractivity contribution >= 4 is 22.6 Å². The number of hydrogen-bond acceptors (Lipinski definition) is 2. The molecule has 138 valence electrons. The van der Waals surface area contributed by atoms with E-state index in [0.29, 0.717) is 6.10 Å².